The van der Waals surface area contributed by atoms with E-state index in [0.717, 1.165) is 24.8 Å². The van der Waals surface area contributed by atoms with E-state index in [4.69, 9.17) is 0 Å². The molecule has 31 heavy (non-hydrogen) atoms. The van der Waals surface area contributed by atoms with Crippen LogP contribution < -0.4 is 0 Å². The molecule has 0 aromatic rings. The lowest BCUT2D eigenvalue weighted by Gasteiger charge is -2.49. The summed E-state index contributed by atoms with van der Waals surface area (Å²) < 4.78 is 0. The Hall–Kier alpha value is -0.970. The van der Waals surface area contributed by atoms with E-state index in [-0.39, 0.29) is 29.6 Å². The molecule has 8 atom stereocenters. The summed E-state index contributed by atoms with van der Waals surface area (Å²) in [5.74, 6) is 1.46. The van der Waals surface area contributed by atoms with Crippen molar-refractivity contribution in [2.24, 2.45) is 40.4 Å². The van der Waals surface area contributed by atoms with E-state index in [1.807, 2.05) is 13.0 Å². The number of Topliss-reactive ketones (excluding diaryl/α,β-unsaturated/α-hetero) is 1. The smallest absolute Gasteiger partial charge is 0.165 e. The molecular formula is C27H44O4. The second kappa shape index (κ2) is 9.49. The highest BCUT2D eigenvalue weighted by Crippen LogP contribution is 2.59. The van der Waals surface area contributed by atoms with Gasteiger partial charge < -0.3 is 15.3 Å². The summed E-state index contributed by atoms with van der Waals surface area (Å²) >= 11 is 0. The first-order valence-electron chi connectivity index (χ1n) is 12.4. The quantitative estimate of drug-likeness (QED) is 0.511. The predicted molar refractivity (Wildman–Crippen MR) is 124 cm³/mol. The topological polar surface area (TPSA) is 77.8 Å². The number of aliphatic hydroxyl groups is 3. The van der Waals surface area contributed by atoms with Crippen molar-refractivity contribution in [1.82, 2.24) is 0 Å². The van der Waals surface area contributed by atoms with Crippen molar-refractivity contribution in [2.75, 3.05) is 6.61 Å². The highest BCUT2D eigenvalue weighted by Gasteiger charge is 2.56. The molecule has 0 radical (unpaired) electrons. The van der Waals surface area contributed by atoms with E-state index < -0.39 is 17.6 Å². The fraction of sp³-hybridized carbons (Fsp3) is 0.815. The Kier molecular flexibility index (Phi) is 7.55. The third kappa shape index (κ3) is 4.58. The Morgan fingerprint density at radius 1 is 1.16 bits per heavy atom. The second-order valence-electron chi connectivity index (χ2n) is 11.5. The standard InChI is InChI=1S/C27H44O4/c1-17(2)7-6-8-18(3)21-9-10-22(26(21,4)13-14-28)20-16-24(30)23-15-19(29)11-12-27(23,5)25(20)31/h6,8,16-19,21-24,28-30H,7,9-15H2,1-5H3/b8-6+/t18-,19+,21-,22+,23-,24+,26-,27+/m1/s1. The minimum Gasteiger partial charge on any atom is -0.396 e. The number of carbonyl (C=O) groups is 1. The molecule has 0 aromatic heterocycles. The summed E-state index contributed by atoms with van der Waals surface area (Å²) in [6.45, 7) is 11.1. The number of aliphatic hydroxyl groups excluding tert-OH is 3. The van der Waals surface area contributed by atoms with E-state index >= 15 is 0 Å². The van der Waals surface area contributed by atoms with Gasteiger partial charge in [0.15, 0.2) is 5.78 Å². The minimum atomic E-state index is -0.687. The van der Waals surface area contributed by atoms with Crippen LogP contribution in [0, 0.1) is 40.4 Å². The molecule has 0 spiro atoms. The van der Waals surface area contributed by atoms with Gasteiger partial charge in [0.2, 0.25) is 0 Å². The van der Waals surface area contributed by atoms with Crippen LogP contribution in [0.1, 0.15) is 79.6 Å². The summed E-state index contributed by atoms with van der Waals surface area (Å²) in [5, 5.41) is 31.0. The molecule has 3 rings (SSSR count). The van der Waals surface area contributed by atoms with Gasteiger partial charge >= 0.3 is 0 Å². The molecular weight excluding hydrogens is 388 g/mol. The Bertz CT molecular complexity index is 710. The lowest BCUT2D eigenvalue weighted by molar-refractivity contribution is -0.138. The number of fused-ring (bicyclic) bond motifs is 1. The van der Waals surface area contributed by atoms with Gasteiger partial charge in [-0.1, -0.05) is 46.8 Å². The Morgan fingerprint density at radius 3 is 2.52 bits per heavy atom. The van der Waals surface area contributed by atoms with Crippen LogP contribution in [-0.2, 0) is 4.79 Å². The molecule has 3 N–H and O–H groups in total. The number of rotatable bonds is 7. The highest BCUT2D eigenvalue weighted by atomic mass is 16.3. The third-order valence-corrected chi connectivity index (χ3v) is 9.00. The highest BCUT2D eigenvalue weighted by molar-refractivity contribution is 6.01. The SMILES string of the molecule is CC(C)C/C=C/[C@@H](C)[C@H]1CC[C@@H](C2=C[C@H](O)[C@H]3C[C@@H](O)CC[C@]3(C)C2=O)[C@]1(C)CCO. The van der Waals surface area contributed by atoms with Gasteiger partial charge in [-0.25, -0.2) is 0 Å². The van der Waals surface area contributed by atoms with Crippen LogP contribution in [0.25, 0.3) is 0 Å². The molecule has 0 bridgehead atoms. The zero-order valence-corrected chi connectivity index (χ0v) is 20.2. The molecule has 0 heterocycles. The molecule has 176 valence electrons. The second-order valence-corrected chi connectivity index (χ2v) is 11.5. The molecule has 3 aliphatic rings. The number of ketones is 1. The number of hydrogen-bond donors (Lipinski definition) is 3. The van der Waals surface area contributed by atoms with E-state index in [9.17, 15) is 20.1 Å². The predicted octanol–water partition coefficient (Wildman–Crippen LogP) is 4.68. The number of allylic oxidation sites excluding steroid dienone is 3. The molecule has 4 heteroatoms. The first-order chi connectivity index (χ1) is 14.5. The summed E-state index contributed by atoms with van der Waals surface area (Å²) in [6.07, 6.45) is 10.8. The Morgan fingerprint density at radius 2 is 1.87 bits per heavy atom. The minimum absolute atomic E-state index is 0.0670. The lowest BCUT2D eigenvalue weighted by Crippen LogP contribution is -2.52. The van der Waals surface area contributed by atoms with Crippen molar-refractivity contribution in [3.63, 3.8) is 0 Å². The fourth-order valence-electron chi connectivity index (χ4n) is 7.04. The van der Waals surface area contributed by atoms with Gasteiger partial charge in [-0.3, -0.25) is 4.79 Å². The van der Waals surface area contributed by atoms with Crippen LogP contribution in [0.2, 0.25) is 0 Å². The monoisotopic (exact) mass is 432 g/mol. The Labute approximate surface area is 188 Å². The maximum absolute atomic E-state index is 13.8. The van der Waals surface area contributed by atoms with Gasteiger partial charge in [0.05, 0.1) is 12.2 Å². The van der Waals surface area contributed by atoms with E-state index in [1.54, 1.807) is 0 Å². The molecule has 0 aromatic carbocycles. The molecule has 0 amide bonds. The first kappa shape index (κ1) is 24.7. The van der Waals surface area contributed by atoms with Gasteiger partial charge in [-0.2, -0.15) is 0 Å². The van der Waals surface area contributed by atoms with E-state index in [0.29, 0.717) is 43.4 Å². The van der Waals surface area contributed by atoms with Crippen molar-refractivity contribution in [3.05, 3.63) is 23.8 Å². The van der Waals surface area contributed by atoms with Crippen LogP contribution in [0.4, 0.5) is 0 Å². The zero-order chi connectivity index (χ0) is 23.0. The zero-order valence-electron chi connectivity index (χ0n) is 20.2. The molecule has 0 aliphatic heterocycles. The van der Waals surface area contributed by atoms with E-state index in [1.165, 1.54) is 0 Å². The maximum Gasteiger partial charge on any atom is 0.165 e. The number of hydrogen-bond acceptors (Lipinski definition) is 4. The van der Waals surface area contributed by atoms with Crippen molar-refractivity contribution >= 4 is 5.78 Å². The first-order valence-corrected chi connectivity index (χ1v) is 12.4. The number of carbonyl (C=O) groups excluding carboxylic acids is 1. The average molecular weight is 433 g/mol. The van der Waals surface area contributed by atoms with Crippen LogP contribution in [0.15, 0.2) is 23.8 Å². The Balaban J connectivity index is 1.90. The van der Waals surface area contributed by atoms with Crippen molar-refractivity contribution in [2.45, 2.75) is 91.8 Å². The van der Waals surface area contributed by atoms with Crippen molar-refractivity contribution < 1.29 is 20.1 Å². The van der Waals surface area contributed by atoms with Gasteiger partial charge in [0, 0.05) is 17.9 Å². The molecule has 0 saturated heterocycles. The average Bonchev–Trinajstić information content (AvgIpc) is 3.03. The summed E-state index contributed by atoms with van der Waals surface area (Å²) in [4.78, 5) is 13.8. The normalized spacial score (nSPS) is 42.2. The fourth-order valence-corrected chi connectivity index (χ4v) is 7.04. The van der Waals surface area contributed by atoms with Crippen LogP contribution in [0.3, 0.4) is 0 Å². The van der Waals surface area contributed by atoms with Gasteiger partial charge in [-0.05, 0) is 85.7 Å². The van der Waals surface area contributed by atoms with Crippen LogP contribution >= 0.6 is 0 Å². The van der Waals surface area contributed by atoms with E-state index in [2.05, 4.69) is 39.8 Å². The van der Waals surface area contributed by atoms with Gasteiger partial charge in [0.1, 0.15) is 0 Å². The largest absolute Gasteiger partial charge is 0.396 e. The lowest BCUT2D eigenvalue weighted by atomic mass is 9.55. The third-order valence-electron chi connectivity index (χ3n) is 9.00. The molecule has 2 saturated carbocycles. The molecule has 2 fully saturated rings. The van der Waals surface area contributed by atoms with Crippen molar-refractivity contribution in [1.29, 1.82) is 0 Å². The molecule has 4 nitrogen and oxygen atoms in total. The summed E-state index contributed by atoms with van der Waals surface area (Å²) in [7, 11) is 0. The van der Waals surface area contributed by atoms with Crippen LogP contribution in [0.5, 0.6) is 0 Å². The maximum atomic E-state index is 13.8. The van der Waals surface area contributed by atoms with Gasteiger partial charge in [-0.15, -0.1) is 0 Å². The molecule has 0 unspecified atom stereocenters. The molecule has 3 aliphatic carbocycles. The van der Waals surface area contributed by atoms with Crippen LogP contribution in [-0.4, -0.2) is 39.9 Å². The summed E-state index contributed by atoms with van der Waals surface area (Å²) in [5.41, 5.74) is 0.0259. The van der Waals surface area contributed by atoms with Crippen molar-refractivity contribution in [3.8, 4) is 0 Å². The summed E-state index contributed by atoms with van der Waals surface area (Å²) in [6, 6.07) is 0. The van der Waals surface area contributed by atoms with Gasteiger partial charge in [0.25, 0.3) is 0 Å².